The smallest absolute Gasteiger partial charge is 0.255 e. The van der Waals surface area contributed by atoms with Crippen molar-refractivity contribution in [3.8, 4) is 0 Å². The van der Waals surface area contributed by atoms with Gasteiger partial charge in [-0.3, -0.25) is 9.89 Å². The number of aromatic amines is 1. The van der Waals surface area contributed by atoms with Crippen molar-refractivity contribution in [2.24, 2.45) is 0 Å². The predicted octanol–water partition coefficient (Wildman–Crippen LogP) is 2.36. The van der Waals surface area contributed by atoms with Crippen molar-refractivity contribution < 1.29 is 9.53 Å². The fourth-order valence-electron chi connectivity index (χ4n) is 2.11. The second-order valence-corrected chi connectivity index (χ2v) is 4.96. The summed E-state index contributed by atoms with van der Waals surface area (Å²) in [5.41, 5.74) is 3.32. The largest absolute Gasteiger partial charge is 0.377 e. The molecule has 112 valence electrons. The number of hydrogen-bond donors (Lipinski definition) is 2. The number of ether oxygens (including phenoxy) is 1. The van der Waals surface area contributed by atoms with E-state index in [1.165, 1.54) is 0 Å². The fourth-order valence-corrected chi connectivity index (χ4v) is 2.11. The maximum absolute atomic E-state index is 12.0. The van der Waals surface area contributed by atoms with Gasteiger partial charge < -0.3 is 10.1 Å². The molecule has 2 rings (SSSR count). The average molecular weight is 287 g/mol. The molecule has 5 heteroatoms. The van der Waals surface area contributed by atoms with E-state index in [2.05, 4.69) is 15.5 Å². The van der Waals surface area contributed by atoms with Crippen LogP contribution >= 0.6 is 0 Å². The lowest BCUT2D eigenvalue weighted by atomic mass is 10.2. The first-order valence-corrected chi connectivity index (χ1v) is 7.10. The molecule has 1 amide bonds. The van der Waals surface area contributed by atoms with E-state index in [1.807, 2.05) is 44.2 Å². The van der Waals surface area contributed by atoms with Crippen LogP contribution in [0.1, 0.15) is 33.7 Å². The van der Waals surface area contributed by atoms with Gasteiger partial charge in [0, 0.05) is 18.8 Å². The lowest BCUT2D eigenvalue weighted by Crippen LogP contribution is -2.26. The average Bonchev–Trinajstić information content (AvgIpc) is 2.83. The third kappa shape index (κ3) is 4.43. The zero-order valence-corrected chi connectivity index (χ0v) is 12.5. The topological polar surface area (TPSA) is 67.0 Å². The van der Waals surface area contributed by atoms with Crippen LogP contribution in [0.4, 0.5) is 0 Å². The minimum Gasteiger partial charge on any atom is -0.377 e. The highest BCUT2D eigenvalue weighted by molar-refractivity contribution is 5.96. The van der Waals surface area contributed by atoms with Crippen LogP contribution in [0.15, 0.2) is 30.3 Å². The van der Waals surface area contributed by atoms with E-state index >= 15 is 0 Å². The standard InChI is InChI=1S/C16H21N3O2/c1-12-15(13(2)19-18-12)16(20)17-9-6-10-21-11-14-7-4-3-5-8-14/h3-5,7-8H,6,9-11H2,1-2H3,(H,17,20)(H,18,19). The monoisotopic (exact) mass is 287 g/mol. The SMILES string of the molecule is Cc1n[nH]c(C)c1C(=O)NCCCOCc1ccccc1. The van der Waals surface area contributed by atoms with Crippen molar-refractivity contribution >= 4 is 5.91 Å². The van der Waals surface area contributed by atoms with Crippen LogP contribution < -0.4 is 5.32 Å². The van der Waals surface area contributed by atoms with E-state index in [4.69, 9.17) is 4.74 Å². The second-order valence-electron chi connectivity index (χ2n) is 4.96. The number of benzene rings is 1. The summed E-state index contributed by atoms with van der Waals surface area (Å²) in [4.78, 5) is 12.0. The minimum absolute atomic E-state index is 0.0817. The van der Waals surface area contributed by atoms with E-state index in [-0.39, 0.29) is 5.91 Å². The summed E-state index contributed by atoms with van der Waals surface area (Å²) in [7, 11) is 0. The molecule has 0 unspecified atom stereocenters. The van der Waals surface area contributed by atoms with Crippen LogP contribution in [0, 0.1) is 13.8 Å². The van der Waals surface area contributed by atoms with Crippen LogP contribution in [-0.2, 0) is 11.3 Å². The van der Waals surface area contributed by atoms with Crippen LogP contribution in [0.3, 0.4) is 0 Å². The summed E-state index contributed by atoms with van der Waals surface area (Å²) in [5, 5.41) is 9.72. The van der Waals surface area contributed by atoms with Gasteiger partial charge in [-0.25, -0.2) is 0 Å². The zero-order valence-electron chi connectivity index (χ0n) is 12.5. The number of aryl methyl sites for hydroxylation is 2. The Balaban J connectivity index is 1.63. The number of nitrogens with one attached hydrogen (secondary N) is 2. The van der Waals surface area contributed by atoms with Crippen molar-refractivity contribution in [3.63, 3.8) is 0 Å². The van der Waals surface area contributed by atoms with Crippen molar-refractivity contribution in [3.05, 3.63) is 52.8 Å². The highest BCUT2D eigenvalue weighted by Gasteiger charge is 2.14. The van der Waals surface area contributed by atoms with E-state index < -0.39 is 0 Å². The van der Waals surface area contributed by atoms with Gasteiger partial charge in [-0.1, -0.05) is 30.3 Å². The first kappa shape index (κ1) is 15.3. The molecule has 5 nitrogen and oxygen atoms in total. The molecule has 0 radical (unpaired) electrons. The maximum atomic E-state index is 12.0. The Morgan fingerprint density at radius 3 is 2.71 bits per heavy atom. The van der Waals surface area contributed by atoms with E-state index in [1.54, 1.807) is 0 Å². The maximum Gasteiger partial charge on any atom is 0.255 e. The molecule has 0 fully saturated rings. The highest BCUT2D eigenvalue weighted by Crippen LogP contribution is 2.08. The second kappa shape index (κ2) is 7.59. The molecule has 0 saturated carbocycles. The van der Waals surface area contributed by atoms with Crippen LogP contribution in [0.2, 0.25) is 0 Å². The summed E-state index contributed by atoms with van der Waals surface area (Å²) in [6.07, 6.45) is 0.786. The van der Waals surface area contributed by atoms with E-state index in [0.717, 1.165) is 23.4 Å². The molecule has 1 aromatic heterocycles. The van der Waals surface area contributed by atoms with Gasteiger partial charge in [0.25, 0.3) is 5.91 Å². The van der Waals surface area contributed by atoms with Crippen LogP contribution in [0.5, 0.6) is 0 Å². The summed E-state index contributed by atoms with van der Waals surface area (Å²) in [6.45, 7) is 5.49. The molecule has 0 bridgehead atoms. The number of amides is 1. The van der Waals surface area contributed by atoms with Gasteiger partial charge in [-0.05, 0) is 25.8 Å². The van der Waals surface area contributed by atoms with E-state index in [9.17, 15) is 4.79 Å². The molecular weight excluding hydrogens is 266 g/mol. The van der Waals surface area contributed by atoms with E-state index in [0.29, 0.717) is 25.3 Å². The van der Waals surface area contributed by atoms with Crippen molar-refractivity contribution in [2.45, 2.75) is 26.9 Å². The fraction of sp³-hybridized carbons (Fsp3) is 0.375. The highest BCUT2D eigenvalue weighted by atomic mass is 16.5. The Morgan fingerprint density at radius 2 is 2.05 bits per heavy atom. The Kier molecular flexibility index (Phi) is 5.51. The number of nitrogens with zero attached hydrogens (tertiary/aromatic N) is 1. The van der Waals surface area contributed by atoms with Crippen LogP contribution in [-0.4, -0.2) is 29.3 Å². The number of hydrogen-bond acceptors (Lipinski definition) is 3. The molecular formula is C16H21N3O2. The number of rotatable bonds is 7. The van der Waals surface area contributed by atoms with Gasteiger partial charge in [0.1, 0.15) is 0 Å². The molecule has 0 aliphatic heterocycles. The van der Waals surface area contributed by atoms with Crippen molar-refractivity contribution in [1.82, 2.24) is 15.5 Å². The predicted molar refractivity (Wildman–Crippen MR) is 81.1 cm³/mol. The van der Waals surface area contributed by atoms with Gasteiger partial charge in [-0.2, -0.15) is 5.10 Å². The normalized spacial score (nSPS) is 10.6. The van der Waals surface area contributed by atoms with Gasteiger partial charge in [0.2, 0.25) is 0 Å². The zero-order chi connectivity index (χ0) is 15.1. The van der Waals surface area contributed by atoms with Crippen molar-refractivity contribution in [1.29, 1.82) is 0 Å². The molecule has 1 aromatic carbocycles. The Bertz CT molecular complexity index is 559. The lowest BCUT2D eigenvalue weighted by Gasteiger charge is -2.06. The first-order chi connectivity index (χ1) is 10.2. The number of H-pyrrole nitrogens is 1. The number of aromatic nitrogens is 2. The quantitative estimate of drug-likeness (QED) is 0.768. The summed E-state index contributed by atoms with van der Waals surface area (Å²) in [6, 6.07) is 10.0. The molecule has 0 aliphatic carbocycles. The van der Waals surface area contributed by atoms with Gasteiger partial charge in [0.05, 0.1) is 17.9 Å². The third-order valence-electron chi connectivity index (χ3n) is 3.22. The summed E-state index contributed by atoms with van der Waals surface area (Å²) in [5.74, 6) is -0.0817. The molecule has 2 aromatic rings. The Labute approximate surface area is 124 Å². The molecule has 0 atom stereocenters. The first-order valence-electron chi connectivity index (χ1n) is 7.10. The molecule has 0 aliphatic rings. The van der Waals surface area contributed by atoms with Gasteiger partial charge in [-0.15, -0.1) is 0 Å². The summed E-state index contributed by atoms with van der Waals surface area (Å²) >= 11 is 0. The number of carbonyl (C=O) groups is 1. The van der Waals surface area contributed by atoms with Gasteiger partial charge >= 0.3 is 0 Å². The van der Waals surface area contributed by atoms with Gasteiger partial charge in [0.15, 0.2) is 0 Å². The molecule has 0 spiro atoms. The third-order valence-corrected chi connectivity index (χ3v) is 3.22. The summed E-state index contributed by atoms with van der Waals surface area (Å²) < 4.78 is 5.57. The molecule has 21 heavy (non-hydrogen) atoms. The minimum atomic E-state index is -0.0817. The lowest BCUT2D eigenvalue weighted by molar-refractivity contribution is 0.0933. The Hall–Kier alpha value is -2.14. The van der Waals surface area contributed by atoms with Crippen LogP contribution in [0.25, 0.3) is 0 Å². The Morgan fingerprint density at radius 1 is 1.29 bits per heavy atom. The molecule has 2 N–H and O–H groups in total. The van der Waals surface area contributed by atoms with Crippen molar-refractivity contribution in [2.75, 3.05) is 13.2 Å². The molecule has 1 heterocycles. The number of carbonyl (C=O) groups excluding carboxylic acids is 1. The molecule has 0 saturated heterocycles.